The van der Waals surface area contributed by atoms with Gasteiger partial charge < -0.3 is 18.6 Å². The van der Waals surface area contributed by atoms with Crippen LogP contribution in [0.1, 0.15) is 17.3 Å². The molecule has 0 aliphatic heterocycles. The van der Waals surface area contributed by atoms with E-state index in [4.69, 9.17) is 18.6 Å². The minimum atomic E-state index is -0.784. The molecule has 9 heteroatoms. The first-order chi connectivity index (χ1) is 16.0. The lowest BCUT2D eigenvalue weighted by molar-refractivity contribution is -0.384. The van der Waals surface area contributed by atoms with E-state index in [1.54, 1.807) is 24.3 Å². The topological polar surface area (TPSA) is 118 Å². The third-order valence-electron chi connectivity index (χ3n) is 4.59. The summed E-state index contributed by atoms with van der Waals surface area (Å²) in [6.45, 7) is 2.27. The Labute approximate surface area is 186 Å². The Bertz CT molecular complexity index is 1410. The van der Waals surface area contributed by atoms with Crippen molar-refractivity contribution in [3.05, 3.63) is 98.9 Å². The molecule has 0 N–H and O–H groups in total. The van der Waals surface area contributed by atoms with Gasteiger partial charge in [-0.1, -0.05) is 18.2 Å². The van der Waals surface area contributed by atoms with E-state index in [9.17, 15) is 19.7 Å². The molecule has 1 aromatic heterocycles. The second-order valence-corrected chi connectivity index (χ2v) is 6.77. The number of nitrogens with zero attached hydrogens (tertiary/aromatic N) is 1. The smallest absolute Gasteiger partial charge is 0.343 e. The van der Waals surface area contributed by atoms with Crippen LogP contribution in [0.3, 0.4) is 0 Å². The number of ether oxygens (including phenoxy) is 3. The van der Waals surface area contributed by atoms with Crippen LogP contribution >= 0.6 is 0 Å². The van der Waals surface area contributed by atoms with Crippen molar-refractivity contribution < 1.29 is 28.3 Å². The van der Waals surface area contributed by atoms with E-state index in [-0.39, 0.29) is 33.7 Å². The fourth-order valence-corrected chi connectivity index (χ4v) is 3.06. The molecule has 0 aliphatic rings. The van der Waals surface area contributed by atoms with E-state index in [1.165, 1.54) is 42.7 Å². The summed E-state index contributed by atoms with van der Waals surface area (Å²) in [5.41, 5.74) is -0.455. The molecular formula is C24H17NO8. The highest BCUT2D eigenvalue weighted by molar-refractivity contribution is 5.92. The molecule has 0 amide bonds. The van der Waals surface area contributed by atoms with Gasteiger partial charge >= 0.3 is 5.97 Å². The van der Waals surface area contributed by atoms with Crippen molar-refractivity contribution in [1.29, 1.82) is 0 Å². The summed E-state index contributed by atoms with van der Waals surface area (Å²) in [5, 5.41) is 11.1. The van der Waals surface area contributed by atoms with Gasteiger partial charge in [0.1, 0.15) is 17.6 Å². The van der Waals surface area contributed by atoms with Gasteiger partial charge in [0.05, 0.1) is 22.5 Å². The van der Waals surface area contributed by atoms with Gasteiger partial charge in [-0.15, -0.1) is 0 Å². The van der Waals surface area contributed by atoms with Crippen LogP contribution in [-0.2, 0) is 0 Å². The highest BCUT2D eigenvalue weighted by Crippen LogP contribution is 2.31. The standard InChI is InChI=1S/C24H17NO8/c1-2-30-19-8-3-4-9-20(19)33-22-14-31-21-13-17(10-11-18(21)23(22)26)32-24(27)15-6-5-7-16(12-15)25(28)29/h3-14H,2H2,1H3. The van der Waals surface area contributed by atoms with Gasteiger partial charge in [0.2, 0.25) is 11.2 Å². The molecular weight excluding hydrogens is 430 g/mol. The molecule has 0 saturated heterocycles. The van der Waals surface area contributed by atoms with Crippen LogP contribution < -0.4 is 19.6 Å². The van der Waals surface area contributed by atoms with E-state index in [0.717, 1.165) is 6.07 Å². The van der Waals surface area contributed by atoms with Gasteiger partial charge in [-0.2, -0.15) is 0 Å². The van der Waals surface area contributed by atoms with Crippen LogP contribution in [0.25, 0.3) is 11.0 Å². The maximum atomic E-state index is 12.9. The summed E-state index contributed by atoms with van der Waals surface area (Å²) < 4.78 is 22.0. The number of non-ortho nitro benzene ring substituents is 1. The molecule has 166 valence electrons. The first-order valence-electron chi connectivity index (χ1n) is 9.88. The summed E-state index contributed by atoms with van der Waals surface area (Å²) in [4.78, 5) is 35.5. The summed E-state index contributed by atoms with van der Waals surface area (Å²) >= 11 is 0. The predicted octanol–water partition coefficient (Wildman–Crippen LogP) is 5.11. The number of carbonyl (C=O) groups excluding carboxylic acids is 1. The molecule has 0 spiro atoms. The predicted molar refractivity (Wildman–Crippen MR) is 118 cm³/mol. The number of para-hydroxylation sites is 2. The highest BCUT2D eigenvalue weighted by Gasteiger charge is 2.16. The van der Waals surface area contributed by atoms with Crippen LogP contribution in [0, 0.1) is 10.1 Å². The normalized spacial score (nSPS) is 10.6. The van der Waals surface area contributed by atoms with Crippen LogP contribution in [0.15, 0.2) is 82.2 Å². The number of nitro benzene ring substituents is 1. The molecule has 0 unspecified atom stereocenters. The zero-order valence-corrected chi connectivity index (χ0v) is 17.3. The largest absolute Gasteiger partial charge is 0.490 e. The zero-order valence-electron chi connectivity index (χ0n) is 17.3. The third kappa shape index (κ3) is 4.67. The molecule has 0 saturated carbocycles. The van der Waals surface area contributed by atoms with E-state index in [1.807, 2.05) is 6.92 Å². The Balaban J connectivity index is 1.58. The van der Waals surface area contributed by atoms with Gasteiger partial charge in [0, 0.05) is 18.2 Å². The number of esters is 1. The van der Waals surface area contributed by atoms with Gasteiger partial charge in [0.25, 0.3) is 5.69 Å². The summed E-state index contributed by atoms with van der Waals surface area (Å²) in [7, 11) is 0. The average Bonchev–Trinajstić information content (AvgIpc) is 2.82. The number of fused-ring (bicyclic) bond motifs is 1. The molecule has 0 radical (unpaired) electrons. The summed E-state index contributed by atoms with van der Waals surface area (Å²) in [5.74, 6) is 0.151. The fourth-order valence-electron chi connectivity index (χ4n) is 3.06. The Morgan fingerprint density at radius 3 is 2.55 bits per heavy atom. The Morgan fingerprint density at radius 1 is 1.00 bits per heavy atom. The number of hydrogen-bond acceptors (Lipinski definition) is 8. The second-order valence-electron chi connectivity index (χ2n) is 6.77. The van der Waals surface area contributed by atoms with E-state index in [0.29, 0.717) is 18.1 Å². The number of hydrogen-bond donors (Lipinski definition) is 0. The van der Waals surface area contributed by atoms with Crippen molar-refractivity contribution in [3.8, 4) is 23.0 Å². The number of benzene rings is 3. The van der Waals surface area contributed by atoms with Crippen LogP contribution in [0.2, 0.25) is 0 Å². The number of nitro groups is 1. The van der Waals surface area contributed by atoms with Crippen LogP contribution in [-0.4, -0.2) is 17.5 Å². The molecule has 4 aromatic rings. The van der Waals surface area contributed by atoms with Gasteiger partial charge in [-0.25, -0.2) is 4.79 Å². The van der Waals surface area contributed by atoms with Crippen molar-refractivity contribution in [3.63, 3.8) is 0 Å². The maximum absolute atomic E-state index is 12.9. The molecule has 0 fully saturated rings. The van der Waals surface area contributed by atoms with Crippen molar-refractivity contribution >= 4 is 22.6 Å². The Kier molecular flexibility index (Phi) is 6.03. The molecule has 0 bridgehead atoms. The average molecular weight is 447 g/mol. The first-order valence-corrected chi connectivity index (χ1v) is 9.88. The lowest BCUT2D eigenvalue weighted by atomic mass is 10.2. The monoisotopic (exact) mass is 447 g/mol. The minimum absolute atomic E-state index is 0.0162. The third-order valence-corrected chi connectivity index (χ3v) is 4.59. The molecule has 1 heterocycles. The van der Waals surface area contributed by atoms with Crippen LogP contribution in [0.5, 0.6) is 23.0 Å². The quantitative estimate of drug-likeness (QED) is 0.166. The fraction of sp³-hybridized carbons (Fsp3) is 0.0833. The highest BCUT2D eigenvalue weighted by atomic mass is 16.6. The van der Waals surface area contributed by atoms with Crippen molar-refractivity contribution in [2.45, 2.75) is 6.92 Å². The Morgan fingerprint density at radius 2 is 1.79 bits per heavy atom. The molecule has 3 aromatic carbocycles. The van der Waals surface area contributed by atoms with Crippen molar-refractivity contribution in [1.82, 2.24) is 0 Å². The second kappa shape index (κ2) is 9.23. The van der Waals surface area contributed by atoms with Crippen LogP contribution in [0.4, 0.5) is 5.69 Å². The zero-order chi connectivity index (χ0) is 23.4. The van der Waals surface area contributed by atoms with E-state index < -0.39 is 16.3 Å². The summed E-state index contributed by atoms with van der Waals surface area (Å²) in [6, 6.07) is 16.4. The van der Waals surface area contributed by atoms with Gasteiger partial charge in [-0.3, -0.25) is 14.9 Å². The Hall–Kier alpha value is -4.66. The lowest BCUT2D eigenvalue weighted by Gasteiger charge is -2.11. The van der Waals surface area contributed by atoms with E-state index >= 15 is 0 Å². The maximum Gasteiger partial charge on any atom is 0.343 e. The minimum Gasteiger partial charge on any atom is -0.490 e. The molecule has 33 heavy (non-hydrogen) atoms. The van der Waals surface area contributed by atoms with Crippen molar-refractivity contribution in [2.75, 3.05) is 6.61 Å². The van der Waals surface area contributed by atoms with E-state index in [2.05, 4.69) is 0 Å². The molecule has 4 rings (SSSR count). The summed E-state index contributed by atoms with van der Waals surface area (Å²) in [6.07, 6.45) is 1.17. The molecule has 9 nitrogen and oxygen atoms in total. The SMILES string of the molecule is CCOc1ccccc1Oc1coc2cc(OC(=O)c3cccc([N+](=O)[O-])c3)ccc2c1=O. The molecule has 0 atom stereocenters. The lowest BCUT2D eigenvalue weighted by Crippen LogP contribution is -2.09. The van der Waals surface area contributed by atoms with Gasteiger partial charge in [-0.05, 0) is 37.3 Å². The number of rotatable bonds is 7. The first kappa shape index (κ1) is 21.6. The number of carbonyl (C=O) groups is 1. The van der Waals surface area contributed by atoms with Gasteiger partial charge in [0.15, 0.2) is 11.5 Å². The molecule has 0 aliphatic carbocycles. The van der Waals surface area contributed by atoms with Crippen molar-refractivity contribution in [2.24, 2.45) is 0 Å².